The number of rotatable bonds is 5. The summed E-state index contributed by atoms with van der Waals surface area (Å²) in [7, 11) is 1.86. The van der Waals surface area contributed by atoms with E-state index in [0.717, 1.165) is 33.8 Å². The molecule has 1 N–H and O–H groups in total. The maximum atomic E-state index is 13.2. The standard InChI is InChI=1S/C24H24FN5O2/c1-3-30-20-12-27-24(28-23(20)29(2)13-21(30)31)26-11-15-4-9-19-17(10-15)14-32-22(19)16-5-7-18(25)8-6-16/h4-10,12,22H,3,11,13-14H2,1-2H3,(H,26,27,28). The smallest absolute Gasteiger partial charge is 0.246 e. The molecule has 1 atom stereocenters. The van der Waals surface area contributed by atoms with E-state index in [1.54, 1.807) is 23.2 Å². The minimum Gasteiger partial charge on any atom is -0.364 e. The second kappa shape index (κ2) is 8.20. The maximum absolute atomic E-state index is 13.2. The number of amides is 1. The van der Waals surface area contributed by atoms with Crippen LogP contribution in [0.1, 0.15) is 35.3 Å². The molecule has 7 nitrogen and oxygen atoms in total. The maximum Gasteiger partial charge on any atom is 0.246 e. The van der Waals surface area contributed by atoms with E-state index in [4.69, 9.17) is 4.74 Å². The summed E-state index contributed by atoms with van der Waals surface area (Å²) in [6, 6.07) is 12.7. The molecule has 0 fully saturated rings. The third-order valence-electron chi connectivity index (χ3n) is 5.91. The summed E-state index contributed by atoms with van der Waals surface area (Å²) in [5.41, 5.74) is 5.01. The molecule has 3 heterocycles. The van der Waals surface area contributed by atoms with E-state index in [9.17, 15) is 9.18 Å². The molecule has 1 aromatic heterocycles. The van der Waals surface area contributed by atoms with Crippen LogP contribution in [0.5, 0.6) is 0 Å². The fourth-order valence-electron chi connectivity index (χ4n) is 4.27. The second-order valence-electron chi connectivity index (χ2n) is 8.03. The van der Waals surface area contributed by atoms with Crippen molar-refractivity contribution < 1.29 is 13.9 Å². The molecule has 0 bridgehead atoms. The van der Waals surface area contributed by atoms with Crippen molar-refractivity contribution in [3.63, 3.8) is 0 Å². The van der Waals surface area contributed by atoms with Gasteiger partial charge in [0, 0.05) is 20.1 Å². The monoisotopic (exact) mass is 433 g/mol. The molecule has 2 aliphatic heterocycles. The minimum absolute atomic E-state index is 0.0473. The van der Waals surface area contributed by atoms with Crippen LogP contribution in [0.2, 0.25) is 0 Å². The highest BCUT2D eigenvalue weighted by Gasteiger charge is 2.28. The first kappa shape index (κ1) is 20.4. The number of halogens is 1. The molecule has 0 saturated heterocycles. The number of nitrogens with zero attached hydrogens (tertiary/aromatic N) is 4. The molecule has 32 heavy (non-hydrogen) atoms. The van der Waals surface area contributed by atoms with Crippen molar-refractivity contribution in [2.24, 2.45) is 0 Å². The quantitative estimate of drug-likeness (QED) is 0.662. The molecule has 3 aromatic rings. The van der Waals surface area contributed by atoms with Crippen LogP contribution < -0.4 is 15.1 Å². The van der Waals surface area contributed by atoms with E-state index < -0.39 is 0 Å². The molecule has 0 radical (unpaired) electrons. The van der Waals surface area contributed by atoms with Gasteiger partial charge in [0.15, 0.2) is 5.82 Å². The van der Waals surface area contributed by atoms with Gasteiger partial charge in [0.2, 0.25) is 11.9 Å². The normalized spacial score (nSPS) is 17.3. The van der Waals surface area contributed by atoms with Gasteiger partial charge >= 0.3 is 0 Å². The van der Waals surface area contributed by atoms with Gasteiger partial charge in [-0.1, -0.05) is 30.3 Å². The number of benzene rings is 2. The van der Waals surface area contributed by atoms with Gasteiger partial charge in [-0.15, -0.1) is 0 Å². The molecule has 0 aliphatic carbocycles. The average Bonchev–Trinajstić information content (AvgIpc) is 3.22. The highest BCUT2D eigenvalue weighted by Crippen LogP contribution is 2.36. The van der Waals surface area contributed by atoms with Gasteiger partial charge in [0.1, 0.15) is 17.6 Å². The van der Waals surface area contributed by atoms with Crippen molar-refractivity contribution in [3.8, 4) is 0 Å². The Labute approximate surface area is 185 Å². The summed E-state index contributed by atoms with van der Waals surface area (Å²) in [4.78, 5) is 24.8. The Morgan fingerprint density at radius 1 is 1.22 bits per heavy atom. The fraction of sp³-hybridized carbons (Fsp3) is 0.292. The summed E-state index contributed by atoms with van der Waals surface area (Å²) >= 11 is 0. The molecule has 0 saturated carbocycles. The SMILES string of the molecule is CCN1C(=O)CN(C)c2nc(NCc3ccc4c(c3)COC4c3ccc(F)cc3)ncc21. The predicted octanol–water partition coefficient (Wildman–Crippen LogP) is 3.65. The van der Waals surface area contributed by atoms with E-state index in [1.807, 2.05) is 18.9 Å². The van der Waals surface area contributed by atoms with Gasteiger partial charge in [-0.3, -0.25) is 4.79 Å². The number of ether oxygens (including phenoxy) is 1. The first-order valence-corrected chi connectivity index (χ1v) is 10.6. The third-order valence-corrected chi connectivity index (χ3v) is 5.91. The van der Waals surface area contributed by atoms with Gasteiger partial charge < -0.3 is 19.9 Å². The van der Waals surface area contributed by atoms with Gasteiger partial charge in [0.05, 0.1) is 19.3 Å². The number of nitrogens with one attached hydrogen (secondary N) is 1. The molecular weight excluding hydrogens is 409 g/mol. The van der Waals surface area contributed by atoms with Crippen molar-refractivity contribution in [2.75, 3.05) is 35.3 Å². The Bertz CT molecular complexity index is 1170. The lowest BCUT2D eigenvalue weighted by atomic mass is 9.97. The molecule has 5 rings (SSSR count). The van der Waals surface area contributed by atoms with Crippen molar-refractivity contribution in [2.45, 2.75) is 26.2 Å². The Hall–Kier alpha value is -3.52. The Balaban J connectivity index is 1.31. The van der Waals surface area contributed by atoms with Crippen LogP contribution in [0.25, 0.3) is 0 Å². The van der Waals surface area contributed by atoms with E-state index in [1.165, 1.54) is 12.1 Å². The van der Waals surface area contributed by atoms with Gasteiger partial charge in [-0.25, -0.2) is 9.37 Å². The van der Waals surface area contributed by atoms with Crippen molar-refractivity contribution >= 4 is 23.4 Å². The largest absolute Gasteiger partial charge is 0.364 e. The predicted molar refractivity (Wildman–Crippen MR) is 120 cm³/mol. The zero-order valence-corrected chi connectivity index (χ0v) is 18.0. The van der Waals surface area contributed by atoms with Crippen molar-refractivity contribution in [1.29, 1.82) is 0 Å². The fourth-order valence-corrected chi connectivity index (χ4v) is 4.27. The molecule has 1 unspecified atom stereocenters. The molecule has 2 aliphatic rings. The van der Waals surface area contributed by atoms with E-state index in [-0.39, 0.29) is 17.8 Å². The van der Waals surface area contributed by atoms with E-state index in [0.29, 0.717) is 32.2 Å². The molecule has 2 aromatic carbocycles. The number of hydrogen-bond donors (Lipinski definition) is 1. The van der Waals surface area contributed by atoms with Gasteiger partial charge in [-0.2, -0.15) is 4.98 Å². The van der Waals surface area contributed by atoms with Crippen LogP contribution in [0.4, 0.5) is 21.8 Å². The zero-order chi connectivity index (χ0) is 22.2. The van der Waals surface area contributed by atoms with Crippen LogP contribution >= 0.6 is 0 Å². The topological polar surface area (TPSA) is 70.6 Å². The summed E-state index contributed by atoms with van der Waals surface area (Å²) in [5, 5.41) is 3.28. The van der Waals surface area contributed by atoms with Crippen LogP contribution in [0.15, 0.2) is 48.7 Å². The van der Waals surface area contributed by atoms with Crippen LogP contribution in [-0.2, 0) is 22.7 Å². The lowest BCUT2D eigenvalue weighted by Crippen LogP contribution is -2.44. The molecule has 164 valence electrons. The number of carbonyl (C=O) groups is 1. The highest BCUT2D eigenvalue weighted by atomic mass is 19.1. The summed E-state index contributed by atoms with van der Waals surface area (Å²) in [6.45, 7) is 3.92. The average molecular weight is 433 g/mol. The van der Waals surface area contributed by atoms with Crippen LogP contribution in [-0.4, -0.2) is 36.0 Å². The first-order valence-electron chi connectivity index (χ1n) is 10.6. The summed E-state index contributed by atoms with van der Waals surface area (Å²) in [5.74, 6) is 1.06. The van der Waals surface area contributed by atoms with Gasteiger partial charge in [-0.05, 0) is 41.3 Å². The molecule has 0 spiro atoms. The zero-order valence-electron chi connectivity index (χ0n) is 18.0. The lowest BCUT2D eigenvalue weighted by Gasteiger charge is -2.33. The van der Waals surface area contributed by atoms with Crippen LogP contribution in [0.3, 0.4) is 0 Å². The van der Waals surface area contributed by atoms with Crippen LogP contribution in [0, 0.1) is 5.82 Å². The Morgan fingerprint density at radius 3 is 2.81 bits per heavy atom. The lowest BCUT2D eigenvalue weighted by molar-refractivity contribution is -0.117. The van der Waals surface area contributed by atoms with Crippen molar-refractivity contribution in [3.05, 3.63) is 76.7 Å². The van der Waals surface area contributed by atoms with Crippen molar-refractivity contribution in [1.82, 2.24) is 9.97 Å². The summed E-state index contributed by atoms with van der Waals surface area (Å²) < 4.78 is 19.2. The number of carbonyl (C=O) groups excluding carboxylic acids is 1. The first-order chi connectivity index (χ1) is 15.5. The Kier molecular flexibility index (Phi) is 5.22. The van der Waals surface area contributed by atoms with Gasteiger partial charge in [0.25, 0.3) is 0 Å². The second-order valence-corrected chi connectivity index (χ2v) is 8.03. The number of anilines is 3. The Morgan fingerprint density at radius 2 is 2.03 bits per heavy atom. The molecule has 1 amide bonds. The minimum atomic E-state index is -0.252. The number of fused-ring (bicyclic) bond motifs is 2. The third kappa shape index (κ3) is 3.67. The van der Waals surface area contributed by atoms with E-state index in [2.05, 4.69) is 33.5 Å². The summed E-state index contributed by atoms with van der Waals surface area (Å²) in [6.07, 6.45) is 1.53. The number of hydrogen-bond acceptors (Lipinski definition) is 6. The number of likely N-dealkylation sites (N-methyl/N-ethyl adjacent to an activating group) is 2. The molecule has 8 heteroatoms. The highest BCUT2D eigenvalue weighted by molar-refractivity contribution is 6.02. The van der Waals surface area contributed by atoms with E-state index >= 15 is 0 Å². The number of aromatic nitrogens is 2. The molecular formula is C24H24FN5O2.